The second kappa shape index (κ2) is 6.53. The van der Waals surface area contributed by atoms with Crippen LogP contribution in [0.4, 0.5) is 0 Å². The number of H-pyrrole nitrogens is 3. The largest absolute Gasteiger partial charge is 0.497 e. The lowest BCUT2D eigenvalue weighted by atomic mass is 9.99. The van der Waals surface area contributed by atoms with Gasteiger partial charge in [0.05, 0.1) is 25.3 Å². The Kier molecular flexibility index (Phi) is 4.04. The van der Waals surface area contributed by atoms with Crippen LogP contribution in [0.15, 0.2) is 58.1 Å². The Bertz CT molecular complexity index is 1230. The fourth-order valence-corrected chi connectivity index (χ4v) is 3.17. The molecule has 136 valence electrons. The third-order valence-corrected chi connectivity index (χ3v) is 4.43. The van der Waals surface area contributed by atoms with E-state index in [1.807, 2.05) is 48.5 Å². The summed E-state index contributed by atoms with van der Waals surface area (Å²) in [7, 11) is 3.19. The minimum absolute atomic E-state index is 0.368. The fraction of sp³-hybridized carbons (Fsp3) is 0.100. The summed E-state index contributed by atoms with van der Waals surface area (Å²) in [6, 6.07) is 14.9. The van der Waals surface area contributed by atoms with Crippen molar-refractivity contribution in [1.29, 1.82) is 0 Å². The molecule has 0 aliphatic heterocycles. The summed E-state index contributed by atoms with van der Waals surface area (Å²) < 4.78 is 10.5. The van der Waals surface area contributed by atoms with Gasteiger partial charge in [0, 0.05) is 11.1 Å². The van der Waals surface area contributed by atoms with Gasteiger partial charge in [0.25, 0.3) is 5.56 Å². The molecule has 27 heavy (non-hydrogen) atoms. The zero-order chi connectivity index (χ0) is 19.0. The Hall–Kier alpha value is -3.74. The molecule has 4 aromatic rings. The molecule has 4 rings (SSSR count). The number of fused-ring (bicyclic) bond motifs is 1. The predicted molar refractivity (Wildman–Crippen MR) is 104 cm³/mol. The van der Waals surface area contributed by atoms with Crippen molar-refractivity contribution in [2.24, 2.45) is 0 Å². The van der Waals surface area contributed by atoms with E-state index in [1.165, 1.54) is 0 Å². The Morgan fingerprint density at radius 2 is 1.52 bits per heavy atom. The highest BCUT2D eigenvalue weighted by molar-refractivity contribution is 6.02. The Balaban J connectivity index is 2.06. The predicted octanol–water partition coefficient (Wildman–Crippen LogP) is 2.90. The highest BCUT2D eigenvalue weighted by Crippen LogP contribution is 2.37. The van der Waals surface area contributed by atoms with E-state index in [1.54, 1.807) is 14.2 Å². The molecular formula is C20H17N3O4. The molecule has 2 aromatic heterocycles. The summed E-state index contributed by atoms with van der Waals surface area (Å²) in [5, 5.41) is 0.387. The molecule has 0 spiro atoms. The Morgan fingerprint density at radius 1 is 0.778 bits per heavy atom. The monoisotopic (exact) mass is 363 g/mol. The molecule has 7 nitrogen and oxygen atoms in total. The summed E-state index contributed by atoms with van der Waals surface area (Å²) in [4.78, 5) is 32.4. The number of aromatic amines is 3. The standard InChI is InChI=1S/C20H17N3O4/c1-26-13-8-6-11(7-9-13)15-16-18(22-20(25)23-19(16)24)21-17(15)12-4-3-5-14(10-12)27-2/h3-10H,1-2H3,(H3,21,22,23,24,25). The number of nitrogens with one attached hydrogen (secondary N) is 3. The molecule has 0 aliphatic carbocycles. The van der Waals surface area contributed by atoms with Gasteiger partial charge in [-0.3, -0.25) is 14.8 Å². The lowest BCUT2D eigenvalue weighted by Crippen LogP contribution is -2.21. The molecule has 7 heteroatoms. The lowest BCUT2D eigenvalue weighted by molar-refractivity contribution is 0.415. The van der Waals surface area contributed by atoms with Crippen LogP contribution in [0.2, 0.25) is 0 Å². The average molecular weight is 363 g/mol. The molecule has 0 saturated carbocycles. The molecule has 2 heterocycles. The van der Waals surface area contributed by atoms with Crippen LogP contribution in [0.5, 0.6) is 11.5 Å². The number of hydrogen-bond donors (Lipinski definition) is 3. The highest BCUT2D eigenvalue weighted by Gasteiger charge is 2.19. The van der Waals surface area contributed by atoms with E-state index in [2.05, 4.69) is 15.0 Å². The molecule has 3 N–H and O–H groups in total. The molecule has 0 saturated heterocycles. The van der Waals surface area contributed by atoms with E-state index in [0.29, 0.717) is 33.8 Å². The van der Waals surface area contributed by atoms with Crippen LogP contribution in [0.25, 0.3) is 33.4 Å². The van der Waals surface area contributed by atoms with Crippen molar-refractivity contribution >= 4 is 11.0 Å². The van der Waals surface area contributed by atoms with Gasteiger partial charge in [-0.2, -0.15) is 0 Å². The molecule has 0 aliphatic rings. The van der Waals surface area contributed by atoms with Gasteiger partial charge in [0.1, 0.15) is 17.1 Å². The first-order valence-corrected chi connectivity index (χ1v) is 8.28. The van der Waals surface area contributed by atoms with Crippen LogP contribution < -0.4 is 20.7 Å². The molecule has 0 fully saturated rings. The van der Waals surface area contributed by atoms with Crippen LogP contribution in [0.3, 0.4) is 0 Å². The zero-order valence-corrected chi connectivity index (χ0v) is 14.8. The molecule has 0 radical (unpaired) electrons. The maximum Gasteiger partial charge on any atom is 0.327 e. The summed E-state index contributed by atoms with van der Waals surface area (Å²) in [5.41, 5.74) is 2.40. The average Bonchev–Trinajstić information content (AvgIpc) is 3.07. The maximum atomic E-state index is 12.5. The van der Waals surface area contributed by atoms with Crippen molar-refractivity contribution in [1.82, 2.24) is 15.0 Å². The van der Waals surface area contributed by atoms with Crippen LogP contribution in [0, 0.1) is 0 Å². The van der Waals surface area contributed by atoms with Crippen LogP contribution >= 0.6 is 0 Å². The van der Waals surface area contributed by atoms with Crippen molar-refractivity contribution < 1.29 is 9.47 Å². The van der Waals surface area contributed by atoms with Gasteiger partial charge in [-0.15, -0.1) is 0 Å². The zero-order valence-electron chi connectivity index (χ0n) is 14.8. The number of methoxy groups -OCH3 is 2. The first kappa shape index (κ1) is 16.7. The number of benzene rings is 2. The third kappa shape index (κ3) is 2.89. The Labute approximate surface area is 153 Å². The van der Waals surface area contributed by atoms with Gasteiger partial charge in [-0.1, -0.05) is 24.3 Å². The summed E-state index contributed by atoms with van der Waals surface area (Å²) in [5.74, 6) is 1.40. The van der Waals surface area contributed by atoms with E-state index in [4.69, 9.17) is 9.47 Å². The van der Waals surface area contributed by atoms with Crippen LogP contribution in [-0.4, -0.2) is 29.2 Å². The van der Waals surface area contributed by atoms with Crippen molar-refractivity contribution in [3.8, 4) is 33.9 Å². The summed E-state index contributed by atoms with van der Waals surface area (Å²) >= 11 is 0. The van der Waals surface area contributed by atoms with E-state index in [9.17, 15) is 9.59 Å². The molecule has 0 atom stereocenters. The molecular weight excluding hydrogens is 346 g/mol. The van der Waals surface area contributed by atoms with Gasteiger partial charge < -0.3 is 14.5 Å². The topological polar surface area (TPSA) is 100.0 Å². The Morgan fingerprint density at radius 3 is 2.22 bits per heavy atom. The second-order valence-corrected chi connectivity index (χ2v) is 5.99. The normalized spacial score (nSPS) is 10.9. The molecule has 0 bridgehead atoms. The second-order valence-electron chi connectivity index (χ2n) is 5.99. The minimum atomic E-state index is -0.563. The molecule has 0 unspecified atom stereocenters. The minimum Gasteiger partial charge on any atom is -0.497 e. The number of ether oxygens (including phenoxy) is 2. The number of hydrogen-bond acceptors (Lipinski definition) is 4. The quantitative estimate of drug-likeness (QED) is 0.519. The van der Waals surface area contributed by atoms with Gasteiger partial charge in [-0.25, -0.2) is 4.79 Å². The van der Waals surface area contributed by atoms with Gasteiger partial charge >= 0.3 is 5.69 Å². The van der Waals surface area contributed by atoms with Gasteiger partial charge in [0.15, 0.2) is 0 Å². The maximum absolute atomic E-state index is 12.5. The third-order valence-electron chi connectivity index (χ3n) is 4.43. The van der Waals surface area contributed by atoms with E-state index in [-0.39, 0.29) is 0 Å². The van der Waals surface area contributed by atoms with Gasteiger partial charge in [0.2, 0.25) is 0 Å². The summed E-state index contributed by atoms with van der Waals surface area (Å²) in [6.07, 6.45) is 0. The van der Waals surface area contributed by atoms with Crippen LogP contribution in [0.1, 0.15) is 0 Å². The first-order chi connectivity index (χ1) is 13.1. The highest BCUT2D eigenvalue weighted by atomic mass is 16.5. The fourth-order valence-electron chi connectivity index (χ4n) is 3.17. The lowest BCUT2D eigenvalue weighted by Gasteiger charge is -2.08. The number of rotatable bonds is 4. The first-order valence-electron chi connectivity index (χ1n) is 8.28. The van der Waals surface area contributed by atoms with E-state index < -0.39 is 11.2 Å². The SMILES string of the molecule is COc1ccc(-c2c(-c3cccc(OC)c3)[nH]c3[nH]c(=O)[nH]c(=O)c23)cc1. The summed E-state index contributed by atoms with van der Waals surface area (Å²) in [6.45, 7) is 0. The van der Waals surface area contributed by atoms with Crippen molar-refractivity contribution in [2.75, 3.05) is 14.2 Å². The smallest absolute Gasteiger partial charge is 0.327 e. The van der Waals surface area contributed by atoms with Crippen molar-refractivity contribution in [2.45, 2.75) is 0 Å². The van der Waals surface area contributed by atoms with Crippen molar-refractivity contribution in [3.63, 3.8) is 0 Å². The van der Waals surface area contributed by atoms with Gasteiger partial charge in [-0.05, 0) is 29.8 Å². The van der Waals surface area contributed by atoms with E-state index in [0.717, 1.165) is 11.1 Å². The number of aromatic nitrogens is 3. The molecule has 0 amide bonds. The van der Waals surface area contributed by atoms with Crippen molar-refractivity contribution in [3.05, 3.63) is 69.4 Å². The van der Waals surface area contributed by atoms with Crippen LogP contribution in [-0.2, 0) is 0 Å². The molecule has 2 aromatic carbocycles. The van der Waals surface area contributed by atoms with E-state index >= 15 is 0 Å².